The highest BCUT2D eigenvalue weighted by Gasteiger charge is 2.17. The fraction of sp³-hybridized carbons (Fsp3) is 0.364. The van der Waals surface area contributed by atoms with E-state index in [2.05, 4.69) is 4.98 Å². The highest BCUT2D eigenvalue weighted by Crippen LogP contribution is 2.07. The van der Waals surface area contributed by atoms with E-state index in [4.69, 9.17) is 5.73 Å². The molecular weight excluding hydrogens is 222 g/mol. The van der Waals surface area contributed by atoms with Gasteiger partial charge in [-0.25, -0.2) is 0 Å². The van der Waals surface area contributed by atoms with Crippen LogP contribution < -0.4 is 5.73 Å². The number of carbonyl (C=O) groups is 3. The zero-order chi connectivity index (χ0) is 12.8. The minimum Gasteiger partial charge on any atom is -0.356 e. The van der Waals surface area contributed by atoms with Crippen LogP contribution in [0.15, 0.2) is 12.3 Å². The average Bonchev–Trinajstić information content (AvgIpc) is 2.79. The molecule has 17 heavy (non-hydrogen) atoms. The number of nitrogens with two attached hydrogens (primary N) is 1. The molecule has 1 aromatic heterocycles. The van der Waals surface area contributed by atoms with E-state index in [1.807, 2.05) is 0 Å². The molecule has 2 amide bonds. The van der Waals surface area contributed by atoms with E-state index < -0.39 is 5.91 Å². The summed E-state index contributed by atoms with van der Waals surface area (Å²) in [4.78, 5) is 37.3. The van der Waals surface area contributed by atoms with Crippen LogP contribution in [0.5, 0.6) is 0 Å². The molecule has 0 spiro atoms. The lowest BCUT2D eigenvalue weighted by atomic mass is 10.2. The van der Waals surface area contributed by atoms with E-state index in [1.54, 1.807) is 0 Å². The van der Waals surface area contributed by atoms with Crippen LogP contribution in [0.4, 0.5) is 0 Å². The summed E-state index contributed by atoms with van der Waals surface area (Å²) in [6, 6.07) is 1.43. The van der Waals surface area contributed by atoms with Crippen molar-refractivity contribution >= 4 is 18.1 Å². The van der Waals surface area contributed by atoms with Crippen molar-refractivity contribution in [1.82, 2.24) is 9.88 Å². The Hall–Kier alpha value is -1.95. The summed E-state index contributed by atoms with van der Waals surface area (Å²) in [5.74, 6) is -0.596. The largest absolute Gasteiger partial charge is 0.356 e. The number of rotatable bonds is 6. The maximum atomic E-state index is 11.8. The SMILES string of the molecule is CC(=O)c1c[nH]c(C(=O)N(C=O)CCCN)c1. The predicted octanol–water partition coefficient (Wildman–Crippen LogP) is 0.165. The van der Waals surface area contributed by atoms with E-state index in [0.717, 1.165) is 4.90 Å². The zero-order valence-electron chi connectivity index (χ0n) is 9.60. The third-order valence-electron chi connectivity index (χ3n) is 2.31. The highest BCUT2D eigenvalue weighted by atomic mass is 16.2. The van der Waals surface area contributed by atoms with Crippen molar-refractivity contribution in [2.24, 2.45) is 5.73 Å². The van der Waals surface area contributed by atoms with Gasteiger partial charge in [0.15, 0.2) is 5.78 Å². The number of H-pyrrole nitrogens is 1. The van der Waals surface area contributed by atoms with E-state index in [-0.39, 0.29) is 18.0 Å². The van der Waals surface area contributed by atoms with E-state index in [1.165, 1.54) is 19.2 Å². The van der Waals surface area contributed by atoms with Gasteiger partial charge in [-0.05, 0) is 26.0 Å². The van der Waals surface area contributed by atoms with Gasteiger partial charge in [0.25, 0.3) is 5.91 Å². The average molecular weight is 237 g/mol. The number of hydrogen-bond acceptors (Lipinski definition) is 4. The van der Waals surface area contributed by atoms with Crippen molar-refractivity contribution in [1.29, 1.82) is 0 Å². The van der Waals surface area contributed by atoms with Crippen LogP contribution in [0.1, 0.15) is 34.2 Å². The smallest absolute Gasteiger partial charge is 0.276 e. The van der Waals surface area contributed by atoms with Gasteiger partial charge in [0.05, 0.1) is 0 Å². The lowest BCUT2D eigenvalue weighted by Gasteiger charge is -2.13. The second kappa shape index (κ2) is 5.95. The van der Waals surface area contributed by atoms with Gasteiger partial charge in [0.2, 0.25) is 6.41 Å². The number of aromatic amines is 1. The predicted molar refractivity (Wildman–Crippen MR) is 61.6 cm³/mol. The molecule has 92 valence electrons. The first-order valence-electron chi connectivity index (χ1n) is 5.25. The van der Waals surface area contributed by atoms with Crippen LogP contribution in [0.3, 0.4) is 0 Å². The van der Waals surface area contributed by atoms with Crippen LogP contribution in [-0.2, 0) is 4.79 Å². The Morgan fingerprint density at radius 3 is 2.71 bits per heavy atom. The van der Waals surface area contributed by atoms with Gasteiger partial charge in [0, 0.05) is 18.3 Å². The van der Waals surface area contributed by atoms with Crippen molar-refractivity contribution in [3.63, 3.8) is 0 Å². The van der Waals surface area contributed by atoms with Crippen molar-refractivity contribution in [3.05, 3.63) is 23.5 Å². The van der Waals surface area contributed by atoms with E-state index >= 15 is 0 Å². The number of amides is 2. The minimum absolute atomic E-state index is 0.139. The van der Waals surface area contributed by atoms with Crippen molar-refractivity contribution < 1.29 is 14.4 Å². The van der Waals surface area contributed by atoms with Crippen LogP contribution in [0, 0.1) is 0 Å². The molecule has 6 nitrogen and oxygen atoms in total. The summed E-state index contributed by atoms with van der Waals surface area (Å²) in [5.41, 5.74) is 5.94. The Labute approximate surface area is 98.8 Å². The molecule has 1 rings (SSSR count). The topological polar surface area (TPSA) is 96.3 Å². The molecule has 0 aliphatic heterocycles. The second-order valence-corrected chi connectivity index (χ2v) is 3.60. The molecule has 6 heteroatoms. The van der Waals surface area contributed by atoms with Gasteiger partial charge in [-0.3, -0.25) is 19.3 Å². The number of nitrogens with zero attached hydrogens (tertiary/aromatic N) is 1. The summed E-state index contributed by atoms with van der Waals surface area (Å²) >= 11 is 0. The molecule has 1 aromatic rings. The molecule has 0 saturated heterocycles. The fourth-order valence-electron chi connectivity index (χ4n) is 1.34. The Morgan fingerprint density at radius 2 is 2.24 bits per heavy atom. The molecular formula is C11H15N3O3. The first-order chi connectivity index (χ1) is 8.10. The fourth-order valence-corrected chi connectivity index (χ4v) is 1.34. The molecule has 0 aliphatic rings. The maximum Gasteiger partial charge on any atom is 0.276 e. The van der Waals surface area contributed by atoms with Gasteiger partial charge >= 0.3 is 0 Å². The first-order valence-corrected chi connectivity index (χ1v) is 5.25. The van der Waals surface area contributed by atoms with Gasteiger partial charge in [-0.15, -0.1) is 0 Å². The van der Waals surface area contributed by atoms with Gasteiger partial charge in [-0.1, -0.05) is 0 Å². The van der Waals surface area contributed by atoms with Gasteiger partial charge in [0.1, 0.15) is 5.69 Å². The molecule has 0 aromatic carbocycles. The molecule has 0 atom stereocenters. The lowest BCUT2D eigenvalue weighted by molar-refractivity contribution is -0.116. The molecule has 0 unspecified atom stereocenters. The number of imide groups is 1. The molecule has 0 bridgehead atoms. The monoisotopic (exact) mass is 237 g/mol. The first kappa shape index (κ1) is 13.1. The Bertz CT molecular complexity index is 425. The lowest BCUT2D eigenvalue weighted by Crippen LogP contribution is -2.31. The van der Waals surface area contributed by atoms with Gasteiger partial charge < -0.3 is 10.7 Å². The number of nitrogens with one attached hydrogen (secondary N) is 1. The third-order valence-corrected chi connectivity index (χ3v) is 2.31. The number of ketones is 1. The maximum absolute atomic E-state index is 11.8. The van der Waals surface area contributed by atoms with Crippen molar-refractivity contribution in [2.45, 2.75) is 13.3 Å². The van der Waals surface area contributed by atoms with Gasteiger partial charge in [-0.2, -0.15) is 0 Å². The van der Waals surface area contributed by atoms with E-state index in [9.17, 15) is 14.4 Å². The quantitative estimate of drug-likeness (QED) is 0.544. The summed E-state index contributed by atoms with van der Waals surface area (Å²) in [6.07, 6.45) is 2.46. The molecule has 3 N–H and O–H groups in total. The third kappa shape index (κ3) is 3.25. The van der Waals surface area contributed by atoms with Crippen LogP contribution >= 0.6 is 0 Å². The summed E-state index contributed by atoms with van der Waals surface area (Å²) in [5, 5.41) is 0. The Morgan fingerprint density at radius 1 is 1.53 bits per heavy atom. The zero-order valence-corrected chi connectivity index (χ0v) is 9.60. The highest BCUT2D eigenvalue weighted by molar-refractivity contribution is 6.01. The van der Waals surface area contributed by atoms with Crippen molar-refractivity contribution in [3.8, 4) is 0 Å². The molecule has 1 heterocycles. The van der Waals surface area contributed by atoms with E-state index in [0.29, 0.717) is 24.9 Å². The number of aromatic nitrogens is 1. The second-order valence-electron chi connectivity index (χ2n) is 3.60. The van der Waals surface area contributed by atoms with Crippen LogP contribution in [-0.4, -0.2) is 41.1 Å². The molecule has 0 saturated carbocycles. The summed E-state index contributed by atoms with van der Waals surface area (Å²) < 4.78 is 0. The number of hydrogen-bond donors (Lipinski definition) is 2. The Kier molecular flexibility index (Phi) is 4.59. The number of Topliss-reactive ketones (excluding diaryl/α,β-unsaturated/α-hetero) is 1. The normalized spacial score (nSPS) is 10.0. The molecule has 0 radical (unpaired) electrons. The molecule has 0 aliphatic carbocycles. The molecule has 0 fully saturated rings. The van der Waals surface area contributed by atoms with Crippen LogP contribution in [0.2, 0.25) is 0 Å². The Balaban J connectivity index is 2.78. The van der Waals surface area contributed by atoms with Crippen molar-refractivity contribution in [2.75, 3.05) is 13.1 Å². The summed E-state index contributed by atoms with van der Waals surface area (Å²) in [6.45, 7) is 2.08. The number of carbonyl (C=O) groups excluding carboxylic acids is 3. The van der Waals surface area contributed by atoms with Crippen LogP contribution in [0.25, 0.3) is 0 Å². The summed E-state index contributed by atoms with van der Waals surface area (Å²) in [7, 11) is 0. The standard InChI is InChI=1S/C11H15N3O3/c1-8(16)9-5-10(13-6-9)11(17)14(7-15)4-2-3-12/h5-7,13H,2-4,12H2,1H3. The minimum atomic E-state index is -0.457.